The first kappa shape index (κ1) is 8.02. The lowest BCUT2D eigenvalue weighted by molar-refractivity contribution is -0.782. The van der Waals surface area contributed by atoms with Crippen molar-refractivity contribution in [2.24, 2.45) is 0 Å². The molecule has 0 saturated heterocycles. The molecule has 1 aromatic carbocycles. The first-order chi connectivity index (χ1) is 6.76. The van der Waals surface area contributed by atoms with Gasteiger partial charge in [-0.05, 0) is 4.90 Å². The van der Waals surface area contributed by atoms with Crippen molar-refractivity contribution in [3.63, 3.8) is 0 Å². The van der Waals surface area contributed by atoms with E-state index in [1.54, 1.807) is 0 Å². The molecule has 0 saturated carbocycles. The highest BCUT2D eigenvalue weighted by Crippen LogP contribution is 2.14. The summed E-state index contributed by atoms with van der Waals surface area (Å²) in [4.78, 5) is 0.192. The van der Waals surface area contributed by atoms with Gasteiger partial charge in [-0.3, -0.25) is 4.63 Å². The summed E-state index contributed by atoms with van der Waals surface area (Å²) in [5.41, 5.74) is 0.706. The van der Waals surface area contributed by atoms with Gasteiger partial charge >= 0.3 is 0 Å². The van der Waals surface area contributed by atoms with Crippen LogP contribution < -0.4 is 4.90 Å². The summed E-state index contributed by atoms with van der Waals surface area (Å²) >= 11 is 0. The minimum Gasteiger partial charge on any atom is -0.359 e. The second-order valence-corrected chi connectivity index (χ2v) is 2.54. The van der Waals surface area contributed by atoms with E-state index >= 15 is 0 Å². The number of hydrogen-bond acceptors (Lipinski definition) is 5. The van der Waals surface area contributed by atoms with Gasteiger partial charge in [0.05, 0.1) is 11.1 Å². The quantitative estimate of drug-likeness (QED) is 0.547. The van der Waals surface area contributed by atoms with Gasteiger partial charge in [-0.2, -0.15) is 10.5 Å². The van der Waals surface area contributed by atoms with Crippen LogP contribution in [-0.4, -0.2) is 5.16 Å². The van der Waals surface area contributed by atoms with Crippen LogP contribution in [0, 0.1) is 27.9 Å². The Morgan fingerprint density at radius 1 is 1.29 bits per heavy atom. The molecule has 66 valence electrons. The molecule has 1 heterocycles. The fourth-order valence-electron chi connectivity index (χ4n) is 1.11. The molecular formula is C8H2N4O2. The first-order valence-electron chi connectivity index (χ1n) is 3.60. The van der Waals surface area contributed by atoms with E-state index in [0.29, 0.717) is 0 Å². The second-order valence-electron chi connectivity index (χ2n) is 2.54. The average Bonchev–Trinajstić information content (AvgIpc) is 2.58. The maximum Gasteiger partial charge on any atom is 0.249 e. The summed E-state index contributed by atoms with van der Waals surface area (Å²) in [6.45, 7) is 0. The molecule has 0 bridgehead atoms. The Kier molecular flexibility index (Phi) is 1.55. The summed E-state index contributed by atoms with van der Waals surface area (Å²) < 4.78 is 4.31. The molecule has 6 heteroatoms. The predicted molar refractivity (Wildman–Crippen MR) is 42.4 cm³/mol. The van der Waals surface area contributed by atoms with Gasteiger partial charge in [0.2, 0.25) is 11.0 Å². The number of nitrogens with zero attached hydrogens (tertiary/aromatic N) is 4. The third kappa shape index (κ3) is 0.952. The van der Waals surface area contributed by atoms with Gasteiger partial charge in [-0.1, -0.05) is 0 Å². The van der Waals surface area contributed by atoms with Crippen LogP contribution in [0.15, 0.2) is 16.8 Å². The van der Waals surface area contributed by atoms with Crippen molar-refractivity contribution in [1.82, 2.24) is 5.16 Å². The highest BCUT2D eigenvalue weighted by molar-refractivity contribution is 5.75. The maximum absolute atomic E-state index is 10.9. The fourth-order valence-corrected chi connectivity index (χ4v) is 1.11. The Labute approximate surface area is 77.7 Å². The Morgan fingerprint density at radius 2 is 1.93 bits per heavy atom. The number of fused-ring (bicyclic) bond motifs is 1. The van der Waals surface area contributed by atoms with Gasteiger partial charge in [0.1, 0.15) is 12.1 Å². The van der Waals surface area contributed by atoms with E-state index < -0.39 is 0 Å². The number of hydrogen-bond donors (Lipinski definition) is 0. The minimum absolute atomic E-state index is 0.132. The van der Waals surface area contributed by atoms with Crippen LogP contribution >= 0.6 is 0 Å². The SMILES string of the molecule is N#Cc1cc2no[n+]([O-])c2cc1C#N. The van der Waals surface area contributed by atoms with E-state index in [0.717, 1.165) is 0 Å². The zero-order valence-corrected chi connectivity index (χ0v) is 6.76. The van der Waals surface area contributed by atoms with Crippen molar-refractivity contribution in [1.29, 1.82) is 10.5 Å². The van der Waals surface area contributed by atoms with E-state index in [1.165, 1.54) is 12.1 Å². The van der Waals surface area contributed by atoms with Crippen LogP contribution in [0.5, 0.6) is 0 Å². The lowest BCUT2D eigenvalue weighted by Gasteiger charge is -1.90. The predicted octanol–water partition coefficient (Wildman–Crippen LogP) is 0.205. The molecule has 0 aliphatic rings. The lowest BCUT2D eigenvalue weighted by atomic mass is 10.1. The van der Waals surface area contributed by atoms with E-state index in [-0.39, 0.29) is 27.1 Å². The van der Waals surface area contributed by atoms with Gasteiger partial charge in [0, 0.05) is 17.3 Å². The molecule has 0 amide bonds. The molecule has 2 aromatic rings. The average molecular weight is 186 g/mol. The monoisotopic (exact) mass is 186 g/mol. The van der Waals surface area contributed by atoms with Crippen LogP contribution in [-0.2, 0) is 0 Å². The van der Waals surface area contributed by atoms with E-state index in [9.17, 15) is 5.21 Å². The highest BCUT2D eigenvalue weighted by Gasteiger charge is 2.13. The third-order valence-corrected chi connectivity index (χ3v) is 1.77. The van der Waals surface area contributed by atoms with Crippen molar-refractivity contribution < 1.29 is 9.53 Å². The highest BCUT2D eigenvalue weighted by atomic mass is 16.8. The van der Waals surface area contributed by atoms with Gasteiger partial charge in [-0.25, -0.2) is 0 Å². The molecule has 0 spiro atoms. The fraction of sp³-hybridized carbons (Fsp3) is 0. The number of benzene rings is 1. The van der Waals surface area contributed by atoms with Crippen molar-refractivity contribution in [2.45, 2.75) is 0 Å². The molecule has 14 heavy (non-hydrogen) atoms. The van der Waals surface area contributed by atoms with Crippen LogP contribution in [0.1, 0.15) is 11.1 Å². The van der Waals surface area contributed by atoms with E-state index in [2.05, 4.69) is 9.79 Å². The molecule has 6 nitrogen and oxygen atoms in total. The van der Waals surface area contributed by atoms with Gasteiger partial charge in [0.15, 0.2) is 0 Å². The summed E-state index contributed by atoms with van der Waals surface area (Å²) in [6.07, 6.45) is 0. The third-order valence-electron chi connectivity index (χ3n) is 1.77. The summed E-state index contributed by atoms with van der Waals surface area (Å²) in [6, 6.07) is 6.26. The molecule has 0 radical (unpaired) electrons. The normalized spacial score (nSPS) is 9.57. The number of nitriles is 2. The molecular weight excluding hydrogens is 184 g/mol. The topological polar surface area (TPSA) is 101 Å². The van der Waals surface area contributed by atoms with Crippen LogP contribution in [0.3, 0.4) is 0 Å². The van der Waals surface area contributed by atoms with Crippen LogP contribution in [0.25, 0.3) is 11.0 Å². The molecule has 0 aliphatic heterocycles. The van der Waals surface area contributed by atoms with Gasteiger partial charge in [-0.15, -0.1) is 0 Å². The molecule has 0 atom stereocenters. The number of aromatic nitrogens is 2. The van der Waals surface area contributed by atoms with Gasteiger partial charge in [0.25, 0.3) is 0 Å². The molecule has 1 aromatic heterocycles. The molecule has 0 N–H and O–H groups in total. The maximum atomic E-state index is 10.9. The van der Waals surface area contributed by atoms with E-state index in [1.807, 2.05) is 12.1 Å². The van der Waals surface area contributed by atoms with Crippen molar-refractivity contribution in [3.05, 3.63) is 28.5 Å². The molecule has 0 fully saturated rings. The second kappa shape index (κ2) is 2.71. The Balaban J connectivity index is 2.88. The summed E-state index contributed by atoms with van der Waals surface area (Å²) in [5.74, 6) is 0. The molecule has 0 unspecified atom stereocenters. The smallest absolute Gasteiger partial charge is 0.249 e. The van der Waals surface area contributed by atoms with Crippen molar-refractivity contribution in [2.75, 3.05) is 0 Å². The number of rotatable bonds is 0. The lowest BCUT2D eigenvalue weighted by Crippen LogP contribution is -2.22. The van der Waals surface area contributed by atoms with E-state index in [4.69, 9.17) is 10.5 Å². The Bertz CT molecular complexity index is 588. The standard InChI is InChI=1S/C8H2N4O2/c9-3-5-1-7-8(2-6(5)4-10)12(13)14-11-7/h1-2H. The van der Waals surface area contributed by atoms with Crippen LogP contribution in [0.2, 0.25) is 0 Å². The van der Waals surface area contributed by atoms with Crippen LogP contribution in [0.4, 0.5) is 0 Å². The summed E-state index contributed by atoms with van der Waals surface area (Å²) in [7, 11) is 0. The first-order valence-corrected chi connectivity index (χ1v) is 3.60. The zero-order valence-electron chi connectivity index (χ0n) is 6.76. The van der Waals surface area contributed by atoms with Crippen molar-refractivity contribution >= 4 is 11.0 Å². The minimum atomic E-state index is 0.132. The Morgan fingerprint density at radius 3 is 2.57 bits per heavy atom. The zero-order chi connectivity index (χ0) is 10.1. The molecule has 0 aliphatic carbocycles. The van der Waals surface area contributed by atoms with Crippen molar-refractivity contribution in [3.8, 4) is 12.1 Å². The van der Waals surface area contributed by atoms with Gasteiger partial charge < -0.3 is 5.21 Å². The Hall–Kier alpha value is -2.60. The largest absolute Gasteiger partial charge is 0.359 e. The molecule has 2 rings (SSSR count). The summed E-state index contributed by atoms with van der Waals surface area (Å²) in [5, 5.41) is 31.7.